The fraction of sp³-hybridized carbons (Fsp3) is 0.200. The van der Waals surface area contributed by atoms with Crippen LogP contribution in [-0.2, 0) is 16.0 Å². The first kappa shape index (κ1) is 22.4. The first-order chi connectivity index (χ1) is 15.0. The van der Waals surface area contributed by atoms with E-state index in [0.717, 1.165) is 28.1 Å². The van der Waals surface area contributed by atoms with Gasteiger partial charge in [-0.25, -0.2) is 0 Å². The van der Waals surface area contributed by atoms with Gasteiger partial charge in [0.15, 0.2) is 6.61 Å². The first-order valence-electron chi connectivity index (χ1n) is 10.1. The largest absolute Gasteiger partial charge is 0.484 e. The monoisotopic (exact) mass is 434 g/mol. The topological polar surface area (TPSA) is 67.4 Å². The Bertz CT molecular complexity index is 1020. The molecule has 160 valence electrons. The second-order valence-electron chi connectivity index (χ2n) is 6.97. The molecule has 0 saturated carbocycles. The molecule has 0 heterocycles. The van der Waals surface area contributed by atoms with Gasteiger partial charge in [-0.3, -0.25) is 9.59 Å². The Labute approximate surface area is 187 Å². The average molecular weight is 435 g/mol. The van der Waals surface area contributed by atoms with Gasteiger partial charge < -0.3 is 15.4 Å². The van der Waals surface area contributed by atoms with Gasteiger partial charge in [-0.1, -0.05) is 43.3 Å². The van der Waals surface area contributed by atoms with Crippen molar-refractivity contribution in [3.8, 4) is 5.75 Å². The number of hydrogen-bond acceptors (Lipinski definition) is 4. The van der Waals surface area contributed by atoms with Crippen LogP contribution in [-0.4, -0.2) is 24.2 Å². The van der Waals surface area contributed by atoms with E-state index in [0.29, 0.717) is 17.2 Å². The van der Waals surface area contributed by atoms with E-state index in [1.807, 2.05) is 67.6 Å². The second-order valence-corrected chi connectivity index (χ2v) is 8.02. The number of thioether (sulfide) groups is 1. The fourth-order valence-corrected chi connectivity index (χ4v) is 3.72. The van der Waals surface area contributed by atoms with Crippen LogP contribution in [0.15, 0.2) is 77.7 Å². The summed E-state index contributed by atoms with van der Waals surface area (Å²) in [6.07, 6.45) is 0.869. The van der Waals surface area contributed by atoms with Gasteiger partial charge in [0.05, 0.1) is 5.75 Å². The Morgan fingerprint density at radius 2 is 1.61 bits per heavy atom. The maximum atomic E-state index is 12.4. The molecule has 5 nitrogen and oxygen atoms in total. The number of rotatable bonds is 9. The molecule has 0 aliphatic carbocycles. The minimum Gasteiger partial charge on any atom is -0.484 e. The zero-order chi connectivity index (χ0) is 22.1. The van der Waals surface area contributed by atoms with E-state index < -0.39 is 0 Å². The summed E-state index contributed by atoms with van der Waals surface area (Å²) in [7, 11) is 0. The number of para-hydroxylation sites is 2. The van der Waals surface area contributed by atoms with Crippen LogP contribution in [0.2, 0.25) is 0 Å². The number of amides is 2. The molecule has 0 fully saturated rings. The highest BCUT2D eigenvalue weighted by Crippen LogP contribution is 2.23. The van der Waals surface area contributed by atoms with Crippen LogP contribution in [0, 0.1) is 6.92 Å². The Hall–Kier alpha value is -3.25. The number of ether oxygens (including phenoxy) is 1. The van der Waals surface area contributed by atoms with Crippen LogP contribution in [0.3, 0.4) is 0 Å². The number of benzene rings is 3. The van der Waals surface area contributed by atoms with Crippen LogP contribution < -0.4 is 15.4 Å². The van der Waals surface area contributed by atoms with Crippen molar-refractivity contribution < 1.29 is 14.3 Å². The summed E-state index contributed by atoms with van der Waals surface area (Å²) in [5.74, 6) is 0.700. The fourth-order valence-electron chi connectivity index (χ4n) is 3.02. The number of carbonyl (C=O) groups is 2. The summed E-state index contributed by atoms with van der Waals surface area (Å²) in [6.45, 7) is 4.02. The smallest absolute Gasteiger partial charge is 0.262 e. The van der Waals surface area contributed by atoms with Crippen molar-refractivity contribution in [1.29, 1.82) is 0 Å². The molecular weight excluding hydrogens is 408 g/mol. The third-order valence-electron chi connectivity index (χ3n) is 4.63. The summed E-state index contributed by atoms with van der Waals surface area (Å²) < 4.78 is 5.44. The molecule has 0 atom stereocenters. The van der Waals surface area contributed by atoms with E-state index in [9.17, 15) is 9.59 Å². The zero-order valence-electron chi connectivity index (χ0n) is 17.7. The first-order valence-corrected chi connectivity index (χ1v) is 11.1. The molecule has 3 aromatic carbocycles. The van der Waals surface area contributed by atoms with Crippen LogP contribution in [0.5, 0.6) is 5.75 Å². The number of aryl methyl sites for hydroxylation is 2. The number of hydrogen-bond donors (Lipinski definition) is 2. The zero-order valence-corrected chi connectivity index (χ0v) is 18.5. The molecule has 3 aromatic rings. The van der Waals surface area contributed by atoms with E-state index in [-0.39, 0.29) is 18.4 Å². The van der Waals surface area contributed by atoms with E-state index >= 15 is 0 Å². The van der Waals surface area contributed by atoms with Gasteiger partial charge in [0.2, 0.25) is 5.91 Å². The third kappa shape index (κ3) is 6.89. The second kappa shape index (κ2) is 11.2. The molecular formula is C25H26N2O3S. The molecule has 2 amide bonds. The van der Waals surface area contributed by atoms with E-state index in [2.05, 4.69) is 17.6 Å². The lowest BCUT2D eigenvalue weighted by Crippen LogP contribution is -2.20. The number of carbonyl (C=O) groups excluding carboxylic acids is 2. The SMILES string of the molecule is CCc1cccc(C)c1NC(=O)CSc1ccc(NC(=O)COc2ccccc2)cc1. The van der Waals surface area contributed by atoms with Crippen molar-refractivity contribution in [1.82, 2.24) is 0 Å². The lowest BCUT2D eigenvalue weighted by atomic mass is 10.1. The van der Waals surface area contributed by atoms with Gasteiger partial charge in [-0.05, 0) is 60.9 Å². The maximum absolute atomic E-state index is 12.4. The molecule has 6 heteroatoms. The summed E-state index contributed by atoms with van der Waals surface area (Å²) in [5.41, 5.74) is 3.79. The standard InChI is InChI=1S/C25H26N2O3S/c1-3-19-9-7-8-18(2)25(19)27-24(29)17-31-22-14-12-20(13-15-22)26-23(28)16-30-21-10-5-4-6-11-21/h4-15H,3,16-17H2,1-2H3,(H,26,28)(H,27,29). The minimum atomic E-state index is -0.228. The van der Waals surface area contributed by atoms with E-state index in [4.69, 9.17) is 4.74 Å². The minimum absolute atomic E-state index is 0.0376. The molecule has 0 spiro atoms. The van der Waals surface area contributed by atoms with Gasteiger partial charge in [-0.15, -0.1) is 11.8 Å². The normalized spacial score (nSPS) is 10.4. The summed E-state index contributed by atoms with van der Waals surface area (Å²) in [5, 5.41) is 5.84. The average Bonchev–Trinajstić information content (AvgIpc) is 2.79. The Morgan fingerprint density at radius 1 is 0.871 bits per heavy atom. The summed E-state index contributed by atoms with van der Waals surface area (Å²) >= 11 is 1.45. The molecule has 3 rings (SSSR count). The maximum Gasteiger partial charge on any atom is 0.262 e. The van der Waals surface area contributed by atoms with Crippen molar-refractivity contribution in [3.05, 3.63) is 83.9 Å². The Morgan fingerprint density at radius 3 is 2.32 bits per heavy atom. The summed E-state index contributed by atoms with van der Waals surface area (Å²) in [4.78, 5) is 25.4. The van der Waals surface area contributed by atoms with Gasteiger partial charge in [0.1, 0.15) is 5.75 Å². The van der Waals surface area contributed by atoms with Crippen LogP contribution in [0.4, 0.5) is 11.4 Å². The molecule has 31 heavy (non-hydrogen) atoms. The highest BCUT2D eigenvalue weighted by Gasteiger charge is 2.09. The third-order valence-corrected chi connectivity index (χ3v) is 5.64. The lowest BCUT2D eigenvalue weighted by molar-refractivity contribution is -0.118. The highest BCUT2D eigenvalue weighted by molar-refractivity contribution is 8.00. The van der Waals surface area contributed by atoms with Gasteiger partial charge in [0.25, 0.3) is 5.91 Å². The van der Waals surface area contributed by atoms with Crippen LogP contribution in [0.25, 0.3) is 0 Å². The van der Waals surface area contributed by atoms with E-state index in [1.54, 1.807) is 12.1 Å². The Balaban J connectivity index is 1.46. The van der Waals surface area contributed by atoms with Crippen molar-refractivity contribution in [3.63, 3.8) is 0 Å². The molecule has 2 N–H and O–H groups in total. The molecule has 0 aliphatic rings. The Kier molecular flexibility index (Phi) is 8.12. The molecule has 0 aromatic heterocycles. The molecule has 0 aliphatic heterocycles. The van der Waals surface area contributed by atoms with Crippen molar-refractivity contribution in [2.75, 3.05) is 23.0 Å². The van der Waals surface area contributed by atoms with Crippen LogP contribution in [0.1, 0.15) is 18.1 Å². The summed E-state index contributed by atoms with van der Waals surface area (Å²) in [6, 6.07) is 22.7. The van der Waals surface area contributed by atoms with E-state index in [1.165, 1.54) is 11.8 Å². The van der Waals surface area contributed by atoms with Crippen molar-refractivity contribution in [2.45, 2.75) is 25.2 Å². The van der Waals surface area contributed by atoms with Gasteiger partial charge in [-0.2, -0.15) is 0 Å². The predicted octanol–water partition coefficient (Wildman–Crippen LogP) is 5.31. The highest BCUT2D eigenvalue weighted by atomic mass is 32.2. The van der Waals surface area contributed by atoms with Gasteiger partial charge >= 0.3 is 0 Å². The van der Waals surface area contributed by atoms with Gasteiger partial charge in [0, 0.05) is 16.3 Å². The molecule has 0 bridgehead atoms. The quantitative estimate of drug-likeness (QED) is 0.448. The predicted molar refractivity (Wildman–Crippen MR) is 127 cm³/mol. The molecule has 0 radical (unpaired) electrons. The van der Waals surface area contributed by atoms with Crippen molar-refractivity contribution in [2.24, 2.45) is 0 Å². The van der Waals surface area contributed by atoms with Crippen molar-refractivity contribution >= 4 is 35.0 Å². The molecule has 0 unspecified atom stereocenters. The number of anilines is 2. The molecule has 0 saturated heterocycles. The lowest BCUT2D eigenvalue weighted by Gasteiger charge is -2.13. The number of nitrogens with one attached hydrogen (secondary N) is 2. The van der Waals surface area contributed by atoms with Crippen LogP contribution >= 0.6 is 11.8 Å².